The first-order chi connectivity index (χ1) is 10.4. The van der Waals surface area contributed by atoms with Crippen molar-refractivity contribution in [2.45, 2.75) is 26.3 Å². The molecule has 0 N–H and O–H groups in total. The average Bonchev–Trinajstić information content (AvgIpc) is 2.46. The molecule has 3 heteroatoms. The van der Waals surface area contributed by atoms with Crippen LogP contribution in [0.15, 0.2) is 64.0 Å². The minimum absolute atomic E-state index is 0.278. The molecule has 0 saturated carbocycles. The predicted molar refractivity (Wildman–Crippen MR) is 86.9 cm³/mol. The molecule has 0 unspecified atom stereocenters. The molecule has 1 heterocycles. The molecular weight excluding hydrogens is 277 g/mol. The number of hydrogen-bond acceptors (Lipinski definition) is 2. The third-order valence-electron chi connectivity index (χ3n) is 3.26. The minimum atomic E-state index is -0.303. The number of hydrogen-bond donors (Lipinski definition) is 0. The fraction of sp³-hybridized carbons (Fsp3) is 0.211. The van der Waals surface area contributed by atoms with E-state index in [1.807, 2.05) is 51.1 Å². The molecule has 0 aliphatic rings. The highest BCUT2D eigenvalue weighted by molar-refractivity contribution is 5.83. The lowest BCUT2D eigenvalue weighted by molar-refractivity contribution is 0.464. The number of benzene rings is 2. The Kier molecular flexibility index (Phi) is 3.57. The summed E-state index contributed by atoms with van der Waals surface area (Å²) in [6.45, 7) is 6.02. The third-order valence-corrected chi connectivity index (χ3v) is 3.26. The highest BCUT2D eigenvalue weighted by Gasteiger charge is 2.12. The van der Waals surface area contributed by atoms with Crippen LogP contribution in [0.4, 0.5) is 4.39 Å². The van der Waals surface area contributed by atoms with Gasteiger partial charge < -0.3 is 4.42 Å². The maximum Gasteiger partial charge on any atom is 0.223 e. The van der Waals surface area contributed by atoms with E-state index >= 15 is 0 Å². The van der Waals surface area contributed by atoms with Gasteiger partial charge >= 0.3 is 0 Å². The maximum atomic E-state index is 14.1. The normalized spacial score (nSPS) is 12.8. The van der Waals surface area contributed by atoms with Crippen LogP contribution in [0.1, 0.15) is 20.8 Å². The van der Waals surface area contributed by atoms with Crippen LogP contribution in [0.3, 0.4) is 0 Å². The van der Waals surface area contributed by atoms with Crippen LogP contribution in [-0.2, 0) is 0 Å². The van der Waals surface area contributed by atoms with Gasteiger partial charge in [0.05, 0.1) is 11.1 Å². The van der Waals surface area contributed by atoms with Crippen molar-refractivity contribution >= 4 is 10.8 Å². The van der Waals surface area contributed by atoms with Gasteiger partial charge in [-0.25, -0.2) is 9.38 Å². The highest BCUT2D eigenvalue weighted by atomic mass is 19.1. The minimum Gasteiger partial charge on any atom is -0.438 e. The summed E-state index contributed by atoms with van der Waals surface area (Å²) in [6, 6.07) is 16.3. The van der Waals surface area contributed by atoms with E-state index in [4.69, 9.17) is 4.42 Å². The molecule has 0 saturated heterocycles. The first-order valence-corrected chi connectivity index (χ1v) is 7.28. The van der Waals surface area contributed by atoms with Crippen LogP contribution in [0.5, 0.6) is 0 Å². The van der Waals surface area contributed by atoms with E-state index in [2.05, 4.69) is 4.99 Å². The summed E-state index contributed by atoms with van der Waals surface area (Å²) in [6.07, 6.45) is 0. The third kappa shape index (κ3) is 2.93. The fourth-order valence-electron chi connectivity index (χ4n) is 2.33. The van der Waals surface area contributed by atoms with Gasteiger partial charge in [0.25, 0.3) is 0 Å². The Balaban J connectivity index is 2.35. The SMILES string of the molecule is CC(C)(C)N=c1oc(-c2ccccc2F)cc2ccccc12. The lowest BCUT2D eigenvalue weighted by atomic mass is 10.1. The smallest absolute Gasteiger partial charge is 0.223 e. The summed E-state index contributed by atoms with van der Waals surface area (Å²) in [5.41, 5.74) is 0.697. The molecule has 22 heavy (non-hydrogen) atoms. The average molecular weight is 295 g/mol. The van der Waals surface area contributed by atoms with E-state index in [1.54, 1.807) is 18.2 Å². The van der Waals surface area contributed by atoms with Crippen molar-refractivity contribution < 1.29 is 8.81 Å². The molecule has 0 spiro atoms. The Morgan fingerprint density at radius 1 is 0.955 bits per heavy atom. The zero-order valence-electron chi connectivity index (χ0n) is 12.9. The molecular formula is C19H18FNO. The van der Waals surface area contributed by atoms with Gasteiger partial charge in [0.1, 0.15) is 11.6 Å². The summed E-state index contributed by atoms with van der Waals surface area (Å²) in [7, 11) is 0. The largest absolute Gasteiger partial charge is 0.438 e. The Morgan fingerprint density at radius 2 is 1.64 bits per heavy atom. The molecule has 0 aliphatic heterocycles. The van der Waals surface area contributed by atoms with Crippen LogP contribution in [0.2, 0.25) is 0 Å². The van der Waals surface area contributed by atoms with E-state index in [-0.39, 0.29) is 11.4 Å². The Labute approximate surface area is 128 Å². The lowest BCUT2D eigenvalue weighted by Gasteiger charge is -2.12. The van der Waals surface area contributed by atoms with E-state index in [1.165, 1.54) is 6.07 Å². The summed E-state index contributed by atoms with van der Waals surface area (Å²) in [5, 5.41) is 1.91. The van der Waals surface area contributed by atoms with Gasteiger partial charge in [-0.3, -0.25) is 0 Å². The summed E-state index contributed by atoms with van der Waals surface area (Å²) < 4.78 is 20.0. The number of rotatable bonds is 1. The van der Waals surface area contributed by atoms with E-state index in [0.29, 0.717) is 16.9 Å². The molecule has 1 aromatic heterocycles. The first-order valence-electron chi connectivity index (χ1n) is 7.28. The van der Waals surface area contributed by atoms with Crippen molar-refractivity contribution in [3.63, 3.8) is 0 Å². The van der Waals surface area contributed by atoms with Crippen LogP contribution in [-0.4, -0.2) is 5.54 Å². The summed E-state index contributed by atoms with van der Waals surface area (Å²) in [5.74, 6) is 0.183. The monoisotopic (exact) mass is 295 g/mol. The zero-order valence-corrected chi connectivity index (χ0v) is 12.9. The molecule has 3 rings (SSSR count). The van der Waals surface area contributed by atoms with Crippen LogP contribution < -0.4 is 5.55 Å². The molecule has 0 atom stereocenters. The van der Waals surface area contributed by atoms with Crippen molar-refractivity contribution in [1.29, 1.82) is 0 Å². The molecule has 2 aromatic carbocycles. The summed E-state index contributed by atoms with van der Waals surface area (Å²) in [4.78, 5) is 4.65. The van der Waals surface area contributed by atoms with Crippen LogP contribution >= 0.6 is 0 Å². The molecule has 0 bridgehead atoms. The standard InChI is InChI=1S/C19H18FNO/c1-19(2,3)21-18-14-9-5-4-8-13(14)12-17(22-18)15-10-6-7-11-16(15)20/h4-12H,1-3H3. The van der Waals surface area contributed by atoms with E-state index in [9.17, 15) is 4.39 Å². The van der Waals surface area contributed by atoms with E-state index < -0.39 is 0 Å². The predicted octanol–water partition coefficient (Wildman–Crippen LogP) is 4.94. The van der Waals surface area contributed by atoms with Crippen molar-refractivity contribution in [2.75, 3.05) is 0 Å². The Morgan fingerprint density at radius 3 is 2.36 bits per heavy atom. The molecule has 0 fully saturated rings. The van der Waals surface area contributed by atoms with Gasteiger partial charge in [0.15, 0.2) is 0 Å². The topological polar surface area (TPSA) is 25.5 Å². The van der Waals surface area contributed by atoms with Gasteiger partial charge in [-0.1, -0.05) is 30.3 Å². The van der Waals surface area contributed by atoms with Gasteiger partial charge in [0, 0.05) is 5.39 Å². The van der Waals surface area contributed by atoms with Gasteiger partial charge in [-0.15, -0.1) is 0 Å². The Hall–Kier alpha value is -2.42. The zero-order chi connectivity index (χ0) is 15.7. The highest BCUT2D eigenvalue weighted by Crippen LogP contribution is 2.24. The van der Waals surface area contributed by atoms with Gasteiger partial charge in [0.2, 0.25) is 5.55 Å². The van der Waals surface area contributed by atoms with Crippen LogP contribution in [0.25, 0.3) is 22.1 Å². The molecule has 112 valence electrons. The second kappa shape index (κ2) is 5.41. The molecule has 0 amide bonds. The van der Waals surface area contributed by atoms with Crippen molar-refractivity contribution in [3.05, 3.63) is 66.0 Å². The van der Waals surface area contributed by atoms with Crippen molar-refractivity contribution in [2.24, 2.45) is 4.99 Å². The Bertz CT molecular complexity index is 888. The second-order valence-electron chi connectivity index (χ2n) is 6.27. The quantitative estimate of drug-likeness (QED) is 0.624. The lowest BCUT2D eigenvalue weighted by Crippen LogP contribution is -2.17. The number of nitrogens with zero attached hydrogens (tertiary/aromatic N) is 1. The molecule has 0 radical (unpaired) electrons. The summed E-state index contributed by atoms with van der Waals surface area (Å²) >= 11 is 0. The van der Waals surface area contributed by atoms with Crippen molar-refractivity contribution in [3.8, 4) is 11.3 Å². The van der Waals surface area contributed by atoms with Crippen LogP contribution in [0, 0.1) is 5.82 Å². The van der Waals surface area contributed by atoms with E-state index in [0.717, 1.165) is 10.8 Å². The first kappa shape index (κ1) is 14.5. The molecule has 3 aromatic rings. The number of halogens is 1. The molecule has 0 aliphatic carbocycles. The van der Waals surface area contributed by atoms with Gasteiger partial charge in [-0.05, 0) is 50.4 Å². The number of fused-ring (bicyclic) bond motifs is 1. The maximum absolute atomic E-state index is 14.1. The fourth-order valence-corrected chi connectivity index (χ4v) is 2.33. The molecule has 2 nitrogen and oxygen atoms in total. The van der Waals surface area contributed by atoms with Crippen molar-refractivity contribution in [1.82, 2.24) is 0 Å². The van der Waals surface area contributed by atoms with Gasteiger partial charge in [-0.2, -0.15) is 0 Å². The second-order valence-corrected chi connectivity index (χ2v) is 6.27.